The van der Waals surface area contributed by atoms with Crippen LogP contribution < -0.4 is 0 Å². The van der Waals surface area contributed by atoms with Gasteiger partial charge in [-0.3, -0.25) is 9.69 Å². The highest BCUT2D eigenvalue weighted by Crippen LogP contribution is 2.20. The van der Waals surface area contributed by atoms with Crippen LogP contribution in [0.5, 0.6) is 0 Å². The molecule has 1 N–H and O–H groups in total. The summed E-state index contributed by atoms with van der Waals surface area (Å²) in [5, 5.41) is 15.3. The van der Waals surface area contributed by atoms with E-state index in [4.69, 9.17) is 21.2 Å². The third kappa shape index (κ3) is 7.29. The van der Waals surface area contributed by atoms with Crippen molar-refractivity contribution >= 4 is 23.3 Å². The molecule has 3 rings (SSSR count). The number of hydrogen-bond acceptors (Lipinski definition) is 6. The minimum atomic E-state index is -0.902. The van der Waals surface area contributed by atoms with E-state index in [1.54, 1.807) is 30.3 Å². The molecule has 0 amide bonds. The summed E-state index contributed by atoms with van der Waals surface area (Å²) < 4.78 is 19.4. The number of benzene rings is 2. The Morgan fingerprint density at radius 2 is 2.06 bits per heavy atom. The van der Waals surface area contributed by atoms with E-state index in [0.29, 0.717) is 36.4 Å². The van der Waals surface area contributed by atoms with Crippen molar-refractivity contribution in [3.63, 3.8) is 0 Å². The monoisotopic (exact) mass is 462 g/mol. The van der Waals surface area contributed by atoms with Crippen molar-refractivity contribution in [2.75, 3.05) is 19.7 Å². The predicted molar refractivity (Wildman–Crippen MR) is 121 cm³/mol. The van der Waals surface area contributed by atoms with Gasteiger partial charge in [0.1, 0.15) is 24.6 Å². The average molecular weight is 463 g/mol. The van der Waals surface area contributed by atoms with E-state index in [9.17, 15) is 14.3 Å². The fourth-order valence-electron chi connectivity index (χ4n) is 3.51. The minimum Gasteiger partial charge on any atom is -0.463 e. The molecule has 0 saturated carbocycles. The smallest absolute Gasteiger partial charge is 0.305 e. The zero-order chi connectivity index (χ0) is 22.9. The Morgan fingerprint density at radius 3 is 2.78 bits per heavy atom. The van der Waals surface area contributed by atoms with Crippen molar-refractivity contribution in [3.8, 4) is 0 Å². The third-order valence-corrected chi connectivity index (χ3v) is 5.34. The third-order valence-electron chi connectivity index (χ3n) is 5.08. The first-order chi connectivity index (χ1) is 15.4. The first-order valence-corrected chi connectivity index (χ1v) is 11.1. The maximum atomic E-state index is 14.2. The number of carbonyl (C=O) groups excluding carboxylic acids is 1. The number of ether oxygens (including phenoxy) is 1. The van der Waals surface area contributed by atoms with Crippen LogP contribution >= 0.6 is 11.6 Å². The lowest BCUT2D eigenvalue weighted by Crippen LogP contribution is -2.39. The molecule has 0 bridgehead atoms. The lowest BCUT2D eigenvalue weighted by Gasteiger charge is -2.27. The van der Waals surface area contributed by atoms with Crippen molar-refractivity contribution < 1.29 is 23.9 Å². The van der Waals surface area contributed by atoms with Crippen molar-refractivity contribution in [2.24, 2.45) is 5.16 Å². The lowest BCUT2D eigenvalue weighted by molar-refractivity contribution is -0.147. The summed E-state index contributed by atoms with van der Waals surface area (Å²) >= 11 is 5.95. The molecule has 2 aromatic carbocycles. The molecule has 2 atom stereocenters. The Balaban J connectivity index is 1.61. The van der Waals surface area contributed by atoms with Gasteiger partial charge in [0, 0.05) is 43.1 Å². The number of esters is 1. The molecule has 1 aliphatic heterocycles. The molecule has 1 aliphatic rings. The summed E-state index contributed by atoms with van der Waals surface area (Å²) in [5.74, 6) is -0.654. The second-order valence-electron chi connectivity index (χ2n) is 7.85. The van der Waals surface area contributed by atoms with E-state index < -0.39 is 6.10 Å². The van der Waals surface area contributed by atoms with E-state index in [1.165, 1.54) is 6.07 Å². The standard InChI is InChI=1S/C24H28ClFN2O4/c1-2-5-24(30)31-16-20(29)14-28(13-18-6-3-4-7-22(18)26)15-21-12-23(27-32-21)17-8-10-19(25)11-9-17/h3-4,6-11,20-21,29H,2,5,12-16H2,1H3. The number of nitrogens with zero attached hydrogens (tertiary/aromatic N) is 2. The lowest BCUT2D eigenvalue weighted by atomic mass is 10.0. The van der Waals surface area contributed by atoms with Crippen LogP contribution in [0.1, 0.15) is 37.3 Å². The molecule has 1 heterocycles. The van der Waals surface area contributed by atoms with Crippen LogP contribution in [0.2, 0.25) is 5.02 Å². The Bertz CT molecular complexity index is 922. The minimum absolute atomic E-state index is 0.106. The maximum Gasteiger partial charge on any atom is 0.305 e. The summed E-state index contributed by atoms with van der Waals surface area (Å²) in [6.45, 7) is 2.68. The number of aliphatic hydroxyl groups excluding tert-OH is 1. The van der Waals surface area contributed by atoms with Crippen LogP contribution in [0, 0.1) is 5.82 Å². The Labute approximate surface area is 192 Å². The fourth-order valence-corrected chi connectivity index (χ4v) is 3.64. The molecule has 32 heavy (non-hydrogen) atoms. The number of oxime groups is 1. The highest BCUT2D eigenvalue weighted by Gasteiger charge is 2.26. The van der Waals surface area contributed by atoms with Crippen LogP contribution in [-0.2, 0) is 20.9 Å². The Morgan fingerprint density at radius 1 is 1.31 bits per heavy atom. The largest absolute Gasteiger partial charge is 0.463 e. The number of aliphatic hydroxyl groups is 1. The Kier molecular flexibility index (Phi) is 9.02. The summed E-state index contributed by atoms with van der Waals surface area (Å²) in [5.41, 5.74) is 2.26. The summed E-state index contributed by atoms with van der Waals surface area (Å²) in [6, 6.07) is 13.9. The van der Waals surface area contributed by atoms with Gasteiger partial charge in [-0.1, -0.05) is 54.0 Å². The molecule has 0 radical (unpaired) electrons. The first kappa shape index (κ1) is 24.2. The van der Waals surface area contributed by atoms with Gasteiger partial charge in [-0.2, -0.15) is 0 Å². The molecule has 2 unspecified atom stereocenters. The first-order valence-electron chi connectivity index (χ1n) is 10.7. The van der Waals surface area contributed by atoms with E-state index in [-0.39, 0.29) is 37.6 Å². The number of halogens is 2. The zero-order valence-electron chi connectivity index (χ0n) is 18.0. The number of hydrogen-bond donors (Lipinski definition) is 1. The Hall–Kier alpha value is -2.48. The van der Waals surface area contributed by atoms with Crippen LogP contribution in [0.25, 0.3) is 0 Å². The maximum absolute atomic E-state index is 14.2. The molecule has 6 nitrogen and oxygen atoms in total. The second kappa shape index (κ2) is 11.9. The van der Waals surface area contributed by atoms with E-state index in [1.807, 2.05) is 24.0 Å². The van der Waals surface area contributed by atoms with Crippen molar-refractivity contribution in [1.82, 2.24) is 4.90 Å². The number of carbonyl (C=O) groups is 1. The average Bonchev–Trinajstić information content (AvgIpc) is 3.23. The summed E-state index contributed by atoms with van der Waals surface area (Å²) in [4.78, 5) is 19.1. The molecular formula is C24H28ClFN2O4. The summed E-state index contributed by atoms with van der Waals surface area (Å²) in [6.07, 6.45) is 0.426. The highest BCUT2D eigenvalue weighted by molar-refractivity contribution is 6.30. The van der Waals surface area contributed by atoms with Gasteiger partial charge in [0.05, 0.1) is 5.71 Å². The molecule has 0 spiro atoms. The SMILES string of the molecule is CCCC(=O)OCC(O)CN(Cc1ccccc1F)CC1CC(c2ccc(Cl)cc2)=NO1. The molecule has 0 aromatic heterocycles. The second-order valence-corrected chi connectivity index (χ2v) is 8.29. The van der Waals surface area contributed by atoms with E-state index in [0.717, 1.165) is 11.3 Å². The van der Waals surface area contributed by atoms with Crippen LogP contribution in [0.4, 0.5) is 4.39 Å². The molecular weight excluding hydrogens is 435 g/mol. The molecule has 0 aliphatic carbocycles. The fraction of sp³-hybridized carbons (Fsp3) is 0.417. The summed E-state index contributed by atoms with van der Waals surface area (Å²) in [7, 11) is 0. The number of rotatable bonds is 11. The molecule has 8 heteroatoms. The molecule has 0 fully saturated rings. The van der Waals surface area contributed by atoms with Gasteiger partial charge < -0.3 is 14.7 Å². The quantitative estimate of drug-likeness (QED) is 0.507. The van der Waals surface area contributed by atoms with Gasteiger partial charge in [-0.05, 0) is 30.2 Å². The molecule has 172 valence electrons. The van der Waals surface area contributed by atoms with E-state index >= 15 is 0 Å². The van der Waals surface area contributed by atoms with Gasteiger partial charge in [0.2, 0.25) is 0 Å². The van der Waals surface area contributed by atoms with Gasteiger partial charge >= 0.3 is 5.97 Å². The van der Waals surface area contributed by atoms with Crippen LogP contribution in [0.3, 0.4) is 0 Å². The van der Waals surface area contributed by atoms with Gasteiger partial charge in [0.25, 0.3) is 0 Å². The van der Waals surface area contributed by atoms with Crippen LogP contribution in [-0.4, -0.2) is 53.6 Å². The zero-order valence-corrected chi connectivity index (χ0v) is 18.8. The molecule has 0 saturated heterocycles. The van der Waals surface area contributed by atoms with Crippen LogP contribution in [0.15, 0.2) is 53.7 Å². The predicted octanol–water partition coefficient (Wildman–Crippen LogP) is 4.18. The van der Waals surface area contributed by atoms with Gasteiger partial charge in [0.15, 0.2) is 0 Å². The van der Waals surface area contributed by atoms with Gasteiger partial charge in [-0.15, -0.1) is 0 Å². The van der Waals surface area contributed by atoms with Crippen molar-refractivity contribution in [1.29, 1.82) is 0 Å². The van der Waals surface area contributed by atoms with Crippen molar-refractivity contribution in [3.05, 3.63) is 70.5 Å². The highest BCUT2D eigenvalue weighted by atomic mass is 35.5. The topological polar surface area (TPSA) is 71.4 Å². The normalized spacial score (nSPS) is 16.5. The van der Waals surface area contributed by atoms with E-state index in [2.05, 4.69) is 5.16 Å². The molecule has 2 aromatic rings. The van der Waals surface area contributed by atoms with Gasteiger partial charge in [-0.25, -0.2) is 4.39 Å². The van der Waals surface area contributed by atoms with Crippen molar-refractivity contribution in [2.45, 2.75) is 44.9 Å².